The minimum absolute atomic E-state index is 0.464. The first-order chi connectivity index (χ1) is 7.09. The van der Waals surface area contributed by atoms with Crippen molar-refractivity contribution >= 4 is 5.97 Å². The summed E-state index contributed by atoms with van der Waals surface area (Å²) in [5.41, 5.74) is 20.6. The highest BCUT2D eigenvalue weighted by Crippen LogP contribution is 1.91. The van der Waals surface area contributed by atoms with Gasteiger partial charge in [0.25, 0.3) is 0 Å². The van der Waals surface area contributed by atoms with Crippen molar-refractivity contribution in [2.45, 2.75) is 31.7 Å². The van der Waals surface area contributed by atoms with E-state index in [0.717, 1.165) is 25.9 Å². The number of nitrogens with two attached hydrogens (primary N) is 4. The molecular formula is C9H24N4O2. The highest BCUT2D eigenvalue weighted by molar-refractivity contribution is 5.72. The summed E-state index contributed by atoms with van der Waals surface area (Å²) < 4.78 is 0. The van der Waals surface area contributed by atoms with Crippen LogP contribution in [0.2, 0.25) is 0 Å². The third kappa shape index (κ3) is 16.0. The Bertz CT molecular complexity index is 140. The van der Waals surface area contributed by atoms with Crippen LogP contribution in [0.5, 0.6) is 0 Å². The molecule has 6 nitrogen and oxygen atoms in total. The molecule has 0 bridgehead atoms. The van der Waals surface area contributed by atoms with Crippen LogP contribution in [0.25, 0.3) is 0 Å². The molecule has 0 saturated carbocycles. The smallest absolute Gasteiger partial charge is 0.320 e. The summed E-state index contributed by atoms with van der Waals surface area (Å²) in [5.74, 6) is -0.955. The van der Waals surface area contributed by atoms with Gasteiger partial charge in [-0.15, -0.1) is 0 Å². The summed E-state index contributed by atoms with van der Waals surface area (Å²) in [4.78, 5) is 10.0. The predicted molar refractivity (Wildman–Crippen MR) is 61.2 cm³/mol. The first-order valence-electron chi connectivity index (χ1n) is 5.18. The Labute approximate surface area is 91.0 Å². The van der Waals surface area contributed by atoms with Gasteiger partial charge in [-0.25, -0.2) is 0 Å². The maximum absolute atomic E-state index is 10.0. The Balaban J connectivity index is 0. The second-order valence-corrected chi connectivity index (χ2v) is 3.16. The second-order valence-electron chi connectivity index (χ2n) is 3.16. The molecule has 1 unspecified atom stereocenters. The lowest BCUT2D eigenvalue weighted by Crippen LogP contribution is -2.30. The van der Waals surface area contributed by atoms with E-state index in [1.807, 2.05) is 0 Å². The Hall–Kier alpha value is -0.690. The number of rotatable bonds is 7. The minimum atomic E-state index is -0.955. The van der Waals surface area contributed by atoms with Crippen molar-refractivity contribution in [3.63, 3.8) is 0 Å². The maximum Gasteiger partial charge on any atom is 0.320 e. The summed E-state index contributed by atoms with van der Waals surface area (Å²) in [7, 11) is 0. The summed E-state index contributed by atoms with van der Waals surface area (Å²) in [6.07, 6.45) is 3.27. The van der Waals surface area contributed by atoms with Gasteiger partial charge in [-0.05, 0) is 45.3 Å². The Morgan fingerprint density at radius 2 is 1.40 bits per heavy atom. The van der Waals surface area contributed by atoms with Crippen molar-refractivity contribution in [1.82, 2.24) is 0 Å². The minimum Gasteiger partial charge on any atom is -0.480 e. The van der Waals surface area contributed by atoms with Crippen molar-refractivity contribution in [2.24, 2.45) is 22.9 Å². The van der Waals surface area contributed by atoms with Crippen molar-refractivity contribution in [1.29, 1.82) is 0 Å². The molecule has 0 radical (unpaired) electrons. The lowest BCUT2D eigenvalue weighted by atomic mass is 10.2. The zero-order valence-electron chi connectivity index (χ0n) is 9.19. The van der Waals surface area contributed by atoms with Crippen LogP contribution in [0, 0.1) is 0 Å². The molecule has 15 heavy (non-hydrogen) atoms. The van der Waals surface area contributed by atoms with Crippen LogP contribution in [0.15, 0.2) is 0 Å². The van der Waals surface area contributed by atoms with E-state index in [1.165, 1.54) is 0 Å². The number of hydrogen-bond acceptors (Lipinski definition) is 5. The van der Waals surface area contributed by atoms with Crippen LogP contribution in [-0.2, 0) is 4.79 Å². The van der Waals surface area contributed by atoms with Gasteiger partial charge in [0.2, 0.25) is 0 Å². The summed E-state index contributed by atoms with van der Waals surface area (Å²) in [6, 6.07) is -0.742. The van der Waals surface area contributed by atoms with Gasteiger partial charge in [-0.1, -0.05) is 0 Å². The molecule has 0 aliphatic heterocycles. The monoisotopic (exact) mass is 220 g/mol. The van der Waals surface area contributed by atoms with Crippen molar-refractivity contribution in [3.8, 4) is 0 Å². The molecule has 1 atom stereocenters. The standard InChI is InChI=1S/C5H12N2O2.C4H12N2/c6-3-1-2-4(7)5(8)9;5-3-1-2-4-6/h4H,1-3,6-7H2,(H,8,9);1-6H2. The molecule has 0 amide bonds. The molecule has 0 rings (SSSR count). The van der Waals surface area contributed by atoms with Gasteiger partial charge in [0, 0.05) is 0 Å². The zero-order chi connectivity index (χ0) is 12.1. The predicted octanol–water partition coefficient (Wildman–Crippen LogP) is -1.18. The Morgan fingerprint density at radius 1 is 1.00 bits per heavy atom. The van der Waals surface area contributed by atoms with E-state index in [9.17, 15) is 4.79 Å². The summed E-state index contributed by atoms with van der Waals surface area (Å²) in [6.45, 7) is 2.05. The topological polar surface area (TPSA) is 141 Å². The number of carbonyl (C=O) groups is 1. The number of hydrogen-bond donors (Lipinski definition) is 5. The van der Waals surface area contributed by atoms with E-state index in [2.05, 4.69) is 0 Å². The van der Waals surface area contributed by atoms with Gasteiger partial charge in [-0.3, -0.25) is 4.79 Å². The molecule has 0 fully saturated rings. The third-order valence-electron chi connectivity index (χ3n) is 1.69. The normalized spacial score (nSPS) is 11.5. The molecule has 0 aliphatic carbocycles. The number of aliphatic carboxylic acids is 1. The molecule has 0 spiro atoms. The van der Waals surface area contributed by atoms with Crippen molar-refractivity contribution < 1.29 is 9.90 Å². The number of carboxylic acid groups (broad SMARTS) is 1. The largest absolute Gasteiger partial charge is 0.480 e. The van der Waals surface area contributed by atoms with E-state index in [0.29, 0.717) is 19.4 Å². The fourth-order valence-corrected chi connectivity index (χ4v) is 0.750. The SMILES string of the molecule is NCCCC(N)C(=O)O.NCCCCN. The summed E-state index contributed by atoms with van der Waals surface area (Å²) >= 11 is 0. The molecule has 0 aromatic heterocycles. The van der Waals surface area contributed by atoms with Gasteiger partial charge in [-0.2, -0.15) is 0 Å². The molecule has 0 aliphatic rings. The van der Waals surface area contributed by atoms with E-state index < -0.39 is 12.0 Å². The molecular weight excluding hydrogens is 196 g/mol. The highest BCUT2D eigenvalue weighted by atomic mass is 16.4. The van der Waals surface area contributed by atoms with Crippen LogP contribution in [-0.4, -0.2) is 36.8 Å². The van der Waals surface area contributed by atoms with Crippen LogP contribution < -0.4 is 22.9 Å². The third-order valence-corrected chi connectivity index (χ3v) is 1.69. The molecule has 0 aromatic carbocycles. The fourth-order valence-electron chi connectivity index (χ4n) is 0.750. The number of unbranched alkanes of at least 4 members (excludes halogenated alkanes) is 1. The van der Waals surface area contributed by atoms with Crippen LogP contribution in [0.1, 0.15) is 25.7 Å². The molecule has 9 N–H and O–H groups in total. The van der Waals surface area contributed by atoms with E-state index >= 15 is 0 Å². The second kappa shape index (κ2) is 13.3. The lowest BCUT2D eigenvalue weighted by molar-refractivity contribution is -0.138. The van der Waals surface area contributed by atoms with E-state index in [-0.39, 0.29) is 0 Å². The summed E-state index contributed by atoms with van der Waals surface area (Å²) in [5, 5.41) is 8.24. The first kappa shape index (κ1) is 16.7. The van der Waals surface area contributed by atoms with E-state index in [1.54, 1.807) is 0 Å². The number of carboxylic acids is 1. The maximum atomic E-state index is 10.0. The van der Waals surface area contributed by atoms with Gasteiger partial charge in [0.05, 0.1) is 0 Å². The Morgan fingerprint density at radius 3 is 1.67 bits per heavy atom. The van der Waals surface area contributed by atoms with Gasteiger partial charge >= 0.3 is 5.97 Å². The van der Waals surface area contributed by atoms with Gasteiger partial charge in [0.15, 0.2) is 0 Å². The molecule has 6 heteroatoms. The average molecular weight is 220 g/mol. The fraction of sp³-hybridized carbons (Fsp3) is 0.889. The van der Waals surface area contributed by atoms with Crippen LogP contribution in [0.3, 0.4) is 0 Å². The zero-order valence-corrected chi connectivity index (χ0v) is 9.19. The molecule has 0 saturated heterocycles. The molecule has 0 aromatic rings. The quantitative estimate of drug-likeness (QED) is 0.342. The molecule has 92 valence electrons. The van der Waals surface area contributed by atoms with Crippen LogP contribution in [0.4, 0.5) is 0 Å². The van der Waals surface area contributed by atoms with Crippen molar-refractivity contribution in [3.05, 3.63) is 0 Å². The van der Waals surface area contributed by atoms with E-state index in [4.69, 9.17) is 28.0 Å². The molecule has 0 heterocycles. The first-order valence-corrected chi connectivity index (χ1v) is 5.18. The highest BCUT2D eigenvalue weighted by Gasteiger charge is 2.08. The van der Waals surface area contributed by atoms with Gasteiger partial charge in [0.1, 0.15) is 6.04 Å². The van der Waals surface area contributed by atoms with Crippen LogP contribution >= 0.6 is 0 Å². The lowest BCUT2D eigenvalue weighted by Gasteiger charge is -2.02. The Kier molecular flexibility index (Phi) is 14.8. The van der Waals surface area contributed by atoms with Gasteiger partial charge < -0.3 is 28.0 Å². The van der Waals surface area contributed by atoms with Crippen molar-refractivity contribution in [2.75, 3.05) is 19.6 Å². The average Bonchev–Trinajstić information content (AvgIpc) is 2.23.